The fourth-order valence-corrected chi connectivity index (χ4v) is 2.33. The Kier molecular flexibility index (Phi) is 5.04. The van der Waals surface area contributed by atoms with E-state index < -0.39 is 0 Å². The fraction of sp³-hybridized carbons (Fsp3) is 0.200. The van der Waals surface area contributed by atoms with Crippen LogP contribution in [0.2, 0.25) is 10.0 Å². The van der Waals surface area contributed by atoms with Crippen LogP contribution >= 0.6 is 23.2 Å². The van der Waals surface area contributed by atoms with Crippen LogP contribution in [0.25, 0.3) is 0 Å². The normalized spacial score (nSPS) is 10.3. The molecule has 2 aromatic carbocycles. The van der Waals surface area contributed by atoms with Gasteiger partial charge in [0.25, 0.3) is 0 Å². The van der Waals surface area contributed by atoms with Crippen LogP contribution in [-0.4, -0.2) is 19.3 Å². The first kappa shape index (κ1) is 15.6. The van der Waals surface area contributed by atoms with Crippen molar-refractivity contribution in [1.29, 1.82) is 0 Å². The first-order chi connectivity index (χ1) is 10.0. The molecule has 0 heterocycles. The van der Waals surface area contributed by atoms with Crippen LogP contribution in [0.15, 0.2) is 30.3 Å². The third-order valence-corrected chi connectivity index (χ3v) is 3.50. The summed E-state index contributed by atoms with van der Waals surface area (Å²) in [5, 5.41) is 13.1. The van der Waals surface area contributed by atoms with Crippen molar-refractivity contribution in [3.05, 3.63) is 45.9 Å². The highest BCUT2D eigenvalue weighted by Gasteiger charge is 2.07. The van der Waals surface area contributed by atoms with E-state index in [-0.39, 0.29) is 15.8 Å². The molecule has 4 nitrogen and oxygen atoms in total. The van der Waals surface area contributed by atoms with Gasteiger partial charge in [0.2, 0.25) is 0 Å². The van der Waals surface area contributed by atoms with Crippen LogP contribution in [0.1, 0.15) is 5.56 Å². The lowest BCUT2D eigenvalue weighted by molar-refractivity contribution is 0.393. The highest BCUT2D eigenvalue weighted by atomic mass is 35.5. The molecule has 0 aromatic heterocycles. The molecule has 112 valence electrons. The minimum absolute atomic E-state index is 0.119. The minimum atomic E-state index is -0.119. The molecule has 21 heavy (non-hydrogen) atoms. The lowest BCUT2D eigenvalue weighted by Crippen LogP contribution is -2.00. The Labute approximate surface area is 133 Å². The molecular formula is C15H15Cl2NO3. The molecule has 2 aromatic rings. The Morgan fingerprint density at radius 2 is 1.48 bits per heavy atom. The molecule has 0 aliphatic rings. The van der Waals surface area contributed by atoms with Crippen molar-refractivity contribution in [3.63, 3.8) is 0 Å². The summed E-state index contributed by atoms with van der Waals surface area (Å²) in [5.74, 6) is 1.31. The van der Waals surface area contributed by atoms with E-state index in [2.05, 4.69) is 5.32 Å². The Hall–Kier alpha value is -1.78. The second-order valence-electron chi connectivity index (χ2n) is 4.36. The molecule has 0 aliphatic heterocycles. The molecule has 0 saturated heterocycles. The van der Waals surface area contributed by atoms with Gasteiger partial charge < -0.3 is 19.9 Å². The second kappa shape index (κ2) is 6.78. The van der Waals surface area contributed by atoms with E-state index in [1.807, 2.05) is 12.1 Å². The third kappa shape index (κ3) is 3.86. The summed E-state index contributed by atoms with van der Waals surface area (Å²) >= 11 is 11.8. The zero-order valence-corrected chi connectivity index (χ0v) is 13.1. The zero-order valence-electron chi connectivity index (χ0n) is 11.6. The van der Waals surface area contributed by atoms with Gasteiger partial charge in [0.05, 0.1) is 24.3 Å². The molecule has 0 spiro atoms. The topological polar surface area (TPSA) is 50.7 Å². The van der Waals surface area contributed by atoms with E-state index in [9.17, 15) is 5.11 Å². The van der Waals surface area contributed by atoms with Gasteiger partial charge in [-0.1, -0.05) is 23.2 Å². The van der Waals surface area contributed by atoms with Crippen LogP contribution < -0.4 is 14.8 Å². The quantitative estimate of drug-likeness (QED) is 0.802. The second-order valence-corrected chi connectivity index (χ2v) is 5.18. The predicted octanol–water partition coefficient (Wildman–Crippen LogP) is 4.33. The third-order valence-electron chi connectivity index (χ3n) is 2.92. The maximum absolute atomic E-state index is 9.53. The van der Waals surface area contributed by atoms with E-state index in [4.69, 9.17) is 32.7 Å². The van der Waals surface area contributed by atoms with E-state index >= 15 is 0 Å². The number of nitrogens with one attached hydrogen (secondary N) is 1. The molecular weight excluding hydrogens is 313 g/mol. The summed E-state index contributed by atoms with van der Waals surface area (Å²) < 4.78 is 10.4. The zero-order chi connectivity index (χ0) is 15.4. The van der Waals surface area contributed by atoms with Gasteiger partial charge in [0, 0.05) is 18.3 Å². The van der Waals surface area contributed by atoms with Crippen molar-refractivity contribution in [2.45, 2.75) is 6.54 Å². The smallest absolute Gasteiger partial charge is 0.152 e. The van der Waals surface area contributed by atoms with Gasteiger partial charge in [-0.2, -0.15) is 0 Å². The van der Waals surface area contributed by atoms with Crippen molar-refractivity contribution < 1.29 is 14.6 Å². The molecule has 2 N–H and O–H groups in total. The maximum atomic E-state index is 9.53. The number of hydrogen-bond donors (Lipinski definition) is 2. The number of rotatable bonds is 5. The van der Waals surface area contributed by atoms with Gasteiger partial charge in [-0.3, -0.25) is 0 Å². The number of hydrogen-bond acceptors (Lipinski definition) is 4. The number of aromatic hydroxyl groups is 1. The van der Waals surface area contributed by atoms with Crippen LogP contribution in [0.4, 0.5) is 5.69 Å². The Morgan fingerprint density at radius 1 is 0.952 bits per heavy atom. The van der Waals surface area contributed by atoms with Crippen molar-refractivity contribution >= 4 is 28.9 Å². The summed E-state index contributed by atoms with van der Waals surface area (Å²) in [5.41, 5.74) is 1.69. The minimum Gasteiger partial charge on any atom is -0.505 e. The summed E-state index contributed by atoms with van der Waals surface area (Å²) in [6, 6.07) is 8.83. The van der Waals surface area contributed by atoms with Crippen molar-refractivity contribution in [2.75, 3.05) is 19.5 Å². The van der Waals surface area contributed by atoms with Gasteiger partial charge in [-0.25, -0.2) is 0 Å². The van der Waals surface area contributed by atoms with Crippen molar-refractivity contribution in [1.82, 2.24) is 0 Å². The van der Waals surface area contributed by atoms with Gasteiger partial charge in [-0.05, 0) is 29.8 Å². The van der Waals surface area contributed by atoms with Gasteiger partial charge in [-0.15, -0.1) is 0 Å². The number of methoxy groups -OCH3 is 2. The average molecular weight is 328 g/mol. The SMILES string of the molecule is COc1cc(CNc2cc(Cl)c(O)c(Cl)c2)cc(OC)c1. The largest absolute Gasteiger partial charge is 0.505 e. The van der Waals surface area contributed by atoms with E-state index in [1.54, 1.807) is 32.4 Å². The number of halogens is 2. The van der Waals surface area contributed by atoms with Crippen LogP contribution in [-0.2, 0) is 6.54 Å². The number of ether oxygens (including phenoxy) is 2. The molecule has 0 saturated carbocycles. The number of phenols is 1. The van der Waals surface area contributed by atoms with E-state index in [0.29, 0.717) is 23.7 Å². The molecule has 0 bridgehead atoms. The first-order valence-electron chi connectivity index (χ1n) is 6.17. The van der Waals surface area contributed by atoms with Crippen LogP contribution in [0, 0.1) is 0 Å². The summed E-state index contributed by atoms with van der Waals surface area (Å²) in [6.07, 6.45) is 0. The number of anilines is 1. The van der Waals surface area contributed by atoms with E-state index in [0.717, 1.165) is 5.56 Å². The lowest BCUT2D eigenvalue weighted by atomic mass is 10.2. The molecule has 6 heteroatoms. The monoisotopic (exact) mass is 327 g/mol. The number of benzene rings is 2. The van der Waals surface area contributed by atoms with E-state index in [1.165, 1.54) is 0 Å². The van der Waals surface area contributed by atoms with Gasteiger partial charge >= 0.3 is 0 Å². The Morgan fingerprint density at radius 3 is 1.95 bits per heavy atom. The van der Waals surface area contributed by atoms with Crippen LogP contribution in [0.5, 0.6) is 17.2 Å². The predicted molar refractivity (Wildman–Crippen MR) is 85.0 cm³/mol. The molecule has 0 aliphatic carbocycles. The van der Waals surface area contributed by atoms with Crippen molar-refractivity contribution in [2.24, 2.45) is 0 Å². The fourth-order valence-electron chi connectivity index (χ4n) is 1.84. The standard InChI is InChI=1S/C15H15Cl2NO3/c1-20-11-3-9(4-12(7-11)21-2)8-18-10-5-13(16)15(19)14(17)6-10/h3-7,18-19H,8H2,1-2H3. The first-order valence-corrected chi connectivity index (χ1v) is 6.93. The highest BCUT2D eigenvalue weighted by molar-refractivity contribution is 6.37. The molecule has 0 radical (unpaired) electrons. The van der Waals surface area contributed by atoms with Gasteiger partial charge in [0.15, 0.2) is 5.75 Å². The average Bonchev–Trinajstić information content (AvgIpc) is 2.49. The summed E-state index contributed by atoms with van der Waals surface area (Å²) in [4.78, 5) is 0. The molecule has 2 rings (SSSR count). The van der Waals surface area contributed by atoms with Crippen molar-refractivity contribution in [3.8, 4) is 17.2 Å². The highest BCUT2D eigenvalue weighted by Crippen LogP contribution is 2.34. The number of phenolic OH excluding ortho intramolecular Hbond substituents is 1. The molecule has 0 unspecified atom stereocenters. The summed E-state index contributed by atoms with van der Waals surface area (Å²) in [6.45, 7) is 0.533. The molecule has 0 atom stereocenters. The van der Waals surface area contributed by atoms with Crippen LogP contribution in [0.3, 0.4) is 0 Å². The Balaban J connectivity index is 2.16. The maximum Gasteiger partial charge on any atom is 0.152 e. The van der Waals surface area contributed by atoms with Gasteiger partial charge in [0.1, 0.15) is 11.5 Å². The molecule has 0 amide bonds. The summed E-state index contributed by atoms with van der Waals surface area (Å²) in [7, 11) is 3.21. The lowest BCUT2D eigenvalue weighted by Gasteiger charge is -2.11. The Bertz CT molecular complexity index is 602. The molecule has 0 fully saturated rings.